The molecule has 1 N–H and O–H groups in total. The molecule has 1 aliphatic rings. The molecule has 0 aromatic heterocycles. The lowest BCUT2D eigenvalue weighted by Crippen LogP contribution is -2.47. The summed E-state index contributed by atoms with van der Waals surface area (Å²) in [5.74, 6) is 0.592. The summed E-state index contributed by atoms with van der Waals surface area (Å²) in [7, 11) is 5.74. The predicted octanol–water partition coefficient (Wildman–Crippen LogP) is 0.801. The van der Waals surface area contributed by atoms with Crippen molar-refractivity contribution in [2.24, 2.45) is 5.92 Å². The van der Waals surface area contributed by atoms with Gasteiger partial charge >= 0.3 is 5.97 Å². The maximum Gasteiger partial charge on any atom is 0.324 e. The van der Waals surface area contributed by atoms with Crippen LogP contribution >= 0.6 is 0 Å². The summed E-state index contributed by atoms with van der Waals surface area (Å²) >= 11 is 0. The second-order valence-electron chi connectivity index (χ2n) is 6.00. The van der Waals surface area contributed by atoms with Crippen molar-refractivity contribution in [3.63, 3.8) is 0 Å². The van der Waals surface area contributed by atoms with Crippen LogP contribution in [0.2, 0.25) is 0 Å². The van der Waals surface area contributed by atoms with Crippen LogP contribution in [0.4, 0.5) is 0 Å². The number of carbonyl (C=O) groups is 1. The first kappa shape index (κ1) is 17.4. The maximum atomic E-state index is 11.8. The summed E-state index contributed by atoms with van der Waals surface area (Å²) in [6.07, 6.45) is 3.53. The van der Waals surface area contributed by atoms with Crippen LogP contribution in [-0.2, 0) is 9.53 Å². The molecule has 0 aliphatic carbocycles. The van der Waals surface area contributed by atoms with Gasteiger partial charge in [-0.3, -0.25) is 4.79 Å². The molecule has 1 fully saturated rings. The highest BCUT2D eigenvalue weighted by Crippen LogP contribution is 2.16. The number of hydrogen-bond donors (Lipinski definition) is 1. The Hall–Kier alpha value is -0.650. The van der Waals surface area contributed by atoms with E-state index in [0.29, 0.717) is 0 Å². The van der Waals surface area contributed by atoms with Crippen LogP contribution in [0.25, 0.3) is 0 Å². The monoisotopic (exact) mass is 285 g/mol. The zero-order valence-electron chi connectivity index (χ0n) is 13.5. The van der Waals surface area contributed by atoms with Gasteiger partial charge in [0.15, 0.2) is 0 Å². The third-order valence-corrected chi connectivity index (χ3v) is 4.03. The molecule has 0 saturated carbocycles. The Balaban J connectivity index is 2.36. The molecule has 0 amide bonds. The zero-order valence-corrected chi connectivity index (χ0v) is 13.5. The van der Waals surface area contributed by atoms with Gasteiger partial charge < -0.3 is 19.9 Å². The fourth-order valence-corrected chi connectivity index (χ4v) is 2.75. The fourth-order valence-electron chi connectivity index (χ4n) is 2.75. The molecule has 1 aliphatic heterocycles. The van der Waals surface area contributed by atoms with Gasteiger partial charge in [-0.25, -0.2) is 0 Å². The Morgan fingerprint density at radius 3 is 2.65 bits per heavy atom. The Bertz CT molecular complexity index is 278. The third-order valence-electron chi connectivity index (χ3n) is 4.03. The molecule has 1 rings (SSSR count). The summed E-state index contributed by atoms with van der Waals surface area (Å²) in [5, 5.41) is 3.27. The molecule has 0 aromatic carbocycles. The van der Waals surface area contributed by atoms with Crippen LogP contribution in [0, 0.1) is 5.92 Å². The number of ether oxygens (including phenoxy) is 1. The number of rotatable bonds is 8. The van der Waals surface area contributed by atoms with E-state index in [1.807, 2.05) is 0 Å². The SMILES string of the molecule is CCCNC(CN(C)CC1CCN(C)CC1)C(=O)OC. The lowest BCUT2D eigenvalue weighted by atomic mass is 9.96. The van der Waals surface area contributed by atoms with E-state index in [9.17, 15) is 4.79 Å². The highest BCUT2D eigenvalue weighted by Gasteiger charge is 2.23. The van der Waals surface area contributed by atoms with E-state index in [4.69, 9.17) is 4.74 Å². The van der Waals surface area contributed by atoms with Crippen LogP contribution in [0.1, 0.15) is 26.2 Å². The lowest BCUT2D eigenvalue weighted by molar-refractivity contribution is -0.143. The summed E-state index contributed by atoms with van der Waals surface area (Å²) in [6.45, 7) is 7.11. The third kappa shape index (κ3) is 6.20. The van der Waals surface area contributed by atoms with E-state index in [0.717, 1.165) is 32.0 Å². The summed E-state index contributed by atoms with van der Waals surface area (Å²) < 4.78 is 4.88. The average Bonchev–Trinajstić information content (AvgIpc) is 2.45. The first-order valence-electron chi connectivity index (χ1n) is 7.75. The zero-order chi connectivity index (χ0) is 15.0. The minimum absolute atomic E-state index is 0.159. The fraction of sp³-hybridized carbons (Fsp3) is 0.933. The molecule has 20 heavy (non-hydrogen) atoms. The summed E-state index contributed by atoms with van der Waals surface area (Å²) in [6, 6.07) is -0.212. The van der Waals surface area contributed by atoms with Crippen molar-refractivity contribution in [3.05, 3.63) is 0 Å². The standard InChI is InChI=1S/C15H31N3O2/c1-5-8-16-14(15(19)20-4)12-18(3)11-13-6-9-17(2)10-7-13/h13-14,16H,5-12H2,1-4H3. The van der Waals surface area contributed by atoms with Gasteiger partial charge in [-0.05, 0) is 58.9 Å². The van der Waals surface area contributed by atoms with E-state index in [1.54, 1.807) is 0 Å². The predicted molar refractivity (Wildman–Crippen MR) is 81.8 cm³/mol. The van der Waals surface area contributed by atoms with E-state index in [2.05, 4.69) is 36.1 Å². The van der Waals surface area contributed by atoms with Crippen molar-refractivity contribution in [1.29, 1.82) is 0 Å². The minimum atomic E-state index is -0.212. The molecule has 118 valence electrons. The number of esters is 1. The average molecular weight is 285 g/mol. The Kier molecular flexibility index (Phi) is 8.11. The largest absolute Gasteiger partial charge is 0.468 e. The topological polar surface area (TPSA) is 44.8 Å². The van der Waals surface area contributed by atoms with Gasteiger partial charge in [-0.1, -0.05) is 6.92 Å². The van der Waals surface area contributed by atoms with Crippen molar-refractivity contribution >= 4 is 5.97 Å². The van der Waals surface area contributed by atoms with Crippen LogP contribution in [0.5, 0.6) is 0 Å². The molecular formula is C15H31N3O2. The van der Waals surface area contributed by atoms with Crippen LogP contribution in [0.15, 0.2) is 0 Å². The minimum Gasteiger partial charge on any atom is -0.468 e. The number of methoxy groups -OCH3 is 1. The molecule has 0 radical (unpaired) electrons. The van der Waals surface area contributed by atoms with Gasteiger partial charge in [0.25, 0.3) is 0 Å². The van der Waals surface area contributed by atoms with E-state index < -0.39 is 0 Å². The van der Waals surface area contributed by atoms with Crippen molar-refractivity contribution in [1.82, 2.24) is 15.1 Å². The number of piperidine rings is 1. The summed E-state index contributed by atoms with van der Waals surface area (Å²) in [4.78, 5) is 16.4. The molecular weight excluding hydrogens is 254 g/mol. The Labute approximate surface area is 123 Å². The molecule has 5 nitrogen and oxygen atoms in total. The molecule has 0 aromatic rings. The number of nitrogens with zero attached hydrogens (tertiary/aromatic N) is 2. The van der Waals surface area contributed by atoms with E-state index >= 15 is 0 Å². The number of likely N-dealkylation sites (N-methyl/N-ethyl adjacent to an activating group) is 1. The molecule has 0 bridgehead atoms. The molecule has 1 atom stereocenters. The van der Waals surface area contributed by atoms with Gasteiger partial charge in [0.05, 0.1) is 7.11 Å². The number of carbonyl (C=O) groups excluding carboxylic acids is 1. The van der Waals surface area contributed by atoms with Gasteiger partial charge in [0.2, 0.25) is 0 Å². The van der Waals surface area contributed by atoms with Crippen LogP contribution in [-0.4, -0.2) is 75.7 Å². The normalized spacial score (nSPS) is 19.2. The molecule has 1 saturated heterocycles. The van der Waals surface area contributed by atoms with Crippen molar-refractivity contribution < 1.29 is 9.53 Å². The van der Waals surface area contributed by atoms with Crippen molar-refractivity contribution in [3.8, 4) is 0 Å². The van der Waals surface area contributed by atoms with E-state index in [1.165, 1.54) is 33.0 Å². The highest BCUT2D eigenvalue weighted by molar-refractivity contribution is 5.75. The van der Waals surface area contributed by atoms with Crippen molar-refractivity contribution in [2.75, 3.05) is 53.9 Å². The van der Waals surface area contributed by atoms with Gasteiger partial charge in [0.1, 0.15) is 6.04 Å². The van der Waals surface area contributed by atoms with Crippen molar-refractivity contribution in [2.45, 2.75) is 32.2 Å². The second-order valence-corrected chi connectivity index (χ2v) is 6.00. The Morgan fingerprint density at radius 2 is 2.10 bits per heavy atom. The van der Waals surface area contributed by atoms with Crippen LogP contribution in [0.3, 0.4) is 0 Å². The first-order chi connectivity index (χ1) is 9.56. The Morgan fingerprint density at radius 1 is 1.45 bits per heavy atom. The number of likely N-dealkylation sites (tertiary alicyclic amines) is 1. The van der Waals surface area contributed by atoms with Gasteiger partial charge in [-0.2, -0.15) is 0 Å². The quantitative estimate of drug-likeness (QED) is 0.668. The smallest absolute Gasteiger partial charge is 0.324 e. The molecule has 1 heterocycles. The molecule has 0 spiro atoms. The van der Waals surface area contributed by atoms with E-state index in [-0.39, 0.29) is 12.0 Å². The van der Waals surface area contributed by atoms with Crippen LogP contribution < -0.4 is 5.32 Å². The maximum absolute atomic E-state index is 11.8. The number of hydrogen-bond acceptors (Lipinski definition) is 5. The molecule has 1 unspecified atom stereocenters. The van der Waals surface area contributed by atoms with Gasteiger partial charge in [-0.15, -0.1) is 0 Å². The second kappa shape index (κ2) is 9.32. The molecule has 5 heteroatoms. The van der Waals surface area contributed by atoms with Gasteiger partial charge in [0, 0.05) is 13.1 Å². The highest BCUT2D eigenvalue weighted by atomic mass is 16.5. The number of nitrogens with one attached hydrogen (secondary N) is 1. The summed E-state index contributed by atoms with van der Waals surface area (Å²) in [5.41, 5.74) is 0. The lowest BCUT2D eigenvalue weighted by Gasteiger charge is -2.32. The first-order valence-corrected chi connectivity index (χ1v) is 7.75.